The Morgan fingerprint density at radius 3 is 3.00 bits per heavy atom. The van der Waals surface area contributed by atoms with Crippen LogP contribution in [-0.4, -0.2) is 47.7 Å². The average molecular weight is 298 g/mol. The number of amidine groups is 1. The molecule has 0 aliphatic carbocycles. The number of aryl methyl sites for hydroxylation is 1. The first-order valence-electron chi connectivity index (χ1n) is 6.17. The Morgan fingerprint density at radius 2 is 2.35 bits per heavy atom. The molecule has 1 aliphatic heterocycles. The molecule has 20 heavy (non-hydrogen) atoms. The highest BCUT2D eigenvalue weighted by atomic mass is 35.5. The molecule has 0 aromatic heterocycles. The predicted molar refractivity (Wildman–Crippen MR) is 75.2 cm³/mol. The second kappa shape index (κ2) is 6.11. The third-order valence-corrected chi connectivity index (χ3v) is 3.63. The monoisotopic (exact) mass is 297 g/mol. The van der Waals surface area contributed by atoms with E-state index in [1.807, 2.05) is 6.92 Å². The van der Waals surface area contributed by atoms with E-state index < -0.39 is 6.10 Å². The first-order chi connectivity index (χ1) is 9.52. The highest BCUT2D eigenvalue weighted by Crippen LogP contribution is 2.18. The molecular formula is C13H16ClN3O3. The Bertz CT molecular complexity index is 548. The molecule has 2 rings (SSSR count). The largest absolute Gasteiger partial charge is 0.409 e. The first-order valence-corrected chi connectivity index (χ1v) is 6.55. The van der Waals surface area contributed by atoms with Gasteiger partial charge in [0.1, 0.15) is 6.10 Å². The van der Waals surface area contributed by atoms with Crippen LogP contribution in [0.2, 0.25) is 5.02 Å². The molecule has 1 fully saturated rings. The van der Waals surface area contributed by atoms with Gasteiger partial charge in [-0.2, -0.15) is 0 Å². The first kappa shape index (κ1) is 14.6. The van der Waals surface area contributed by atoms with Gasteiger partial charge in [0.15, 0.2) is 5.84 Å². The van der Waals surface area contributed by atoms with E-state index in [0.29, 0.717) is 23.7 Å². The summed E-state index contributed by atoms with van der Waals surface area (Å²) in [5, 5.41) is 12.2. The number of ether oxygens (including phenoxy) is 1. The molecule has 108 valence electrons. The standard InChI is InChI=1S/C13H16ClN3O3/c1-8-6-9(2-3-10(8)14)13(18)17-4-5-20-11(7-17)12(15)16-19/h2-3,6,11,19H,4-5,7H2,1H3,(H2,15,16). The van der Waals surface area contributed by atoms with Crippen molar-refractivity contribution in [3.05, 3.63) is 34.3 Å². The normalized spacial score (nSPS) is 20.0. The fraction of sp³-hybridized carbons (Fsp3) is 0.385. The van der Waals surface area contributed by atoms with E-state index in [4.69, 9.17) is 27.3 Å². The van der Waals surface area contributed by atoms with Gasteiger partial charge >= 0.3 is 0 Å². The zero-order chi connectivity index (χ0) is 14.7. The van der Waals surface area contributed by atoms with Crippen LogP contribution in [0.1, 0.15) is 15.9 Å². The summed E-state index contributed by atoms with van der Waals surface area (Å²) in [6.07, 6.45) is -0.578. The van der Waals surface area contributed by atoms with Gasteiger partial charge in [-0.15, -0.1) is 0 Å². The number of rotatable bonds is 2. The number of hydrogen-bond acceptors (Lipinski definition) is 4. The van der Waals surface area contributed by atoms with Crippen molar-refractivity contribution in [1.29, 1.82) is 0 Å². The van der Waals surface area contributed by atoms with Gasteiger partial charge in [-0.1, -0.05) is 16.8 Å². The number of nitrogens with two attached hydrogens (primary N) is 1. The van der Waals surface area contributed by atoms with E-state index in [1.165, 1.54) is 0 Å². The van der Waals surface area contributed by atoms with Crippen molar-refractivity contribution < 1.29 is 14.7 Å². The lowest BCUT2D eigenvalue weighted by molar-refractivity contribution is 0.00675. The molecule has 1 aromatic rings. The number of halogens is 1. The number of nitrogens with zero attached hydrogens (tertiary/aromatic N) is 2. The molecule has 7 heteroatoms. The summed E-state index contributed by atoms with van der Waals surface area (Å²) in [5.74, 6) is -0.154. The molecule has 1 aliphatic rings. The van der Waals surface area contributed by atoms with Gasteiger partial charge in [0.25, 0.3) is 5.91 Å². The van der Waals surface area contributed by atoms with E-state index in [9.17, 15) is 4.79 Å². The maximum absolute atomic E-state index is 12.4. The number of morpholine rings is 1. The lowest BCUT2D eigenvalue weighted by Crippen LogP contribution is -2.50. The zero-order valence-corrected chi connectivity index (χ0v) is 11.8. The molecule has 1 saturated heterocycles. The van der Waals surface area contributed by atoms with Crippen molar-refractivity contribution >= 4 is 23.3 Å². The maximum Gasteiger partial charge on any atom is 0.254 e. The molecular weight excluding hydrogens is 282 g/mol. The fourth-order valence-electron chi connectivity index (χ4n) is 2.04. The van der Waals surface area contributed by atoms with Crippen molar-refractivity contribution in [3.8, 4) is 0 Å². The number of benzene rings is 1. The van der Waals surface area contributed by atoms with Crippen LogP contribution in [0.5, 0.6) is 0 Å². The third-order valence-electron chi connectivity index (χ3n) is 3.20. The van der Waals surface area contributed by atoms with Crippen molar-refractivity contribution in [3.63, 3.8) is 0 Å². The van der Waals surface area contributed by atoms with Crippen LogP contribution in [-0.2, 0) is 4.74 Å². The van der Waals surface area contributed by atoms with E-state index in [-0.39, 0.29) is 18.3 Å². The minimum atomic E-state index is -0.578. The fourth-order valence-corrected chi connectivity index (χ4v) is 2.15. The van der Waals surface area contributed by atoms with Crippen LogP contribution < -0.4 is 5.73 Å². The molecule has 0 spiro atoms. The van der Waals surface area contributed by atoms with Gasteiger partial charge in [-0.3, -0.25) is 4.79 Å². The Morgan fingerprint density at radius 1 is 1.60 bits per heavy atom. The van der Waals surface area contributed by atoms with Crippen LogP contribution in [0.4, 0.5) is 0 Å². The number of hydrogen-bond donors (Lipinski definition) is 2. The average Bonchev–Trinajstić information content (AvgIpc) is 2.48. The quantitative estimate of drug-likeness (QED) is 0.372. The Balaban J connectivity index is 2.14. The van der Waals surface area contributed by atoms with Crippen molar-refractivity contribution in [1.82, 2.24) is 4.90 Å². The smallest absolute Gasteiger partial charge is 0.254 e. The van der Waals surface area contributed by atoms with Crippen LogP contribution in [0.25, 0.3) is 0 Å². The topological polar surface area (TPSA) is 88.2 Å². The second-order valence-corrected chi connectivity index (χ2v) is 5.01. The highest BCUT2D eigenvalue weighted by Gasteiger charge is 2.27. The lowest BCUT2D eigenvalue weighted by Gasteiger charge is -2.32. The Kier molecular flexibility index (Phi) is 4.46. The van der Waals surface area contributed by atoms with Gasteiger partial charge in [0.2, 0.25) is 0 Å². The molecule has 0 bridgehead atoms. The number of amides is 1. The molecule has 1 heterocycles. The zero-order valence-electron chi connectivity index (χ0n) is 11.0. The molecule has 1 amide bonds. The SMILES string of the molecule is Cc1cc(C(=O)N2CCOC(/C(N)=N/O)C2)ccc1Cl. The minimum Gasteiger partial charge on any atom is -0.409 e. The molecule has 1 atom stereocenters. The van der Waals surface area contributed by atoms with Crippen molar-refractivity contribution in [2.45, 2.75) is 13.0 Å². The lowest BCUT2D eigenvalue weighted by atomic mass is 10.1. The summed E-state index contributed by atoms with van der Waals surface area (Å²) in [5.41, 5.74) is 6.92. The van der Waals surface area contributed by atoms with Gasteiger partial charge in [-0.05, 0) is 30.7 Å². The summed E-state index contributed by atoms with van der Waals surface area (Å²) in [7, 11) is 0. The van der Waals surface area contributed by atoms with Gasteiger partial charge < -0.3 is 20.6 Å². The molecule has 0 saturated carbocycles. The van der Waals surface area contributed by atoms with E-state index >= 15 is 0 Å². The van der Waals surface area contributed by atoms with E-state index in [1.54, 1.807) is 23.1 Å². The van der Waals surface area contributed by atoms with E-state index in [2.05, 4.69) is 5.16 Å². The maximum atomic E-state index is 12.4. The third kappa shape index (κ3) is 3.02. The minimum absolute atomic E-state index is 0.0326. The van der Waals surface area contributed by atoms with Gasteiger partial charge in [0, 0.05) is 17.1 Å². The summed E-state index contributed by atoms with van der Waals surface area (Å²) in [6.45, 7) is 2.92. The molecule has 6 nitrogen and oxygen atoms in total. The van der Waals surface area contributed by atoms with Gasteiger partial charge in [0.05, 0.1) is 13.2 Å². The molecule has 3 N–H and O–H groups in total. The molecule has 1 aromatic carbocycles. The van der Waals surface area contributed by atoms with Crippen LogP contribution in [0, 0.1) is 6.92 Å². The summed E-state index contributed by atoms with van der Waals surface area (Å²) >= 11 is 5.95. The molecule has 1 unspecified atom stereocenters. The van der Waals surface area contributed by atoms with Crippen molar-refractivity contribution in [2.75, 3.05) is 19.7 Å². The van der Waals surface area contributed by atoms with Crippen molar-refractivity contribution in [2.24, 2.45) is 10.9 Å². The number of carbonyl (C=O) groups is 1. The van der Waals surface area contributed by atoms with Crippen LogP contribution in [0.15, 0.2) is 23.4 Å². The summed E-state index contributed by atoms with van der Waals surface area (Å²) in [4.78, 5) is 14.0. The Labute approximate surface area is 121 Å². The second-order valence-electron chi connectivity index (χ2n) is 4.60. The highest BCUT2D eigenvalue weighted by molar-refractivity contribution is 6.31. The number of carbonyl (C=O) groups excluding carboxylic acids is 1. The summed E-state index contributed by atoms with van der Waals surface area (Å²) < 4.78 is 5.36. The molecule has 0 radical (unpaired) electrons. The van der Waals surface area contributed by atoms with Crippen LogP contribution >= 0.6 is 11.6 Å². The van der Waals surface area contributed by atoms with E-state index in [0.717, 1.165) is 5.56 Å². The Hall–Kier alpha value is -1.79. The number of oxime groups is 1. The van der Waals surface area contributed by atoms with Crippen LogP contribution in [0.3, 0.4) is 0 Å². The summed E-state index contributed by atoms with van der Waals surface area (Å²) in [6, 6.07) is 5.13. The van der Waals surface area contributed by atoms with Gasteiger partial charge in [-0.25, -0.2) is 0 Å². The predicted octanol–water partition coefficient (Wildman–Crippen LogP) is 1.24.